The Morgan fingerprint density at radius 2 is 1.64 bits per heavy atom. The van der Waals surface area contributed by atoms with Gasteiger partial charge in [0.15, 0.2) is 11.5 Å². The van der Waals surface area contributed by atoms with Crippen molar-refractivity contribution in [1.29, 1.82) is 0 Å². The molecular weight excluding hydrogens is 454 g/mol. The molecule has 0 aliphatic heterocycles. The molecule has 0 aliphatic rings. The molecule has 174 valence electrons. The molecule has 0 radical (unpaired) electrons. The molecule has 0 aromatic heterocycles. The van der Waals surface area contributed by atoms with Crippen LogP contribution in [0, 0.1) is 11.6 Å². The summed E-state index contributed by atoms with van der Waals surface area (Å²) in [5.41, 5.74) is 0.400. The highest BCUT2D eigenvalue weighted by Gasteiger charge is 2.27. The van der Waals surface area contributed by atoms with Crippen LogP contribution in [0.2, 0.25) is 0 Å². The molecule has 10 heteroatoms. The summed E-state index contributed by atoms with van der Waals surface area (Å²) in [4.78, 5) is 12.8. The number of ether oxygens (including phenoxy) is 2. The molecule has 0 saturated heterocycles. The zero-order valence-corrected chi connectivity index (χ0v) is 18.7. The number of anilines is 1. The van der Waals surface area contributed by atoms with Gasteiger partial charge in [0.1, 0.15) is 17.7 Å². The van der Waals surface area contributed by atoms with Crippen molar-refractivity contribution >= 4 is 21.6 Å². The Morgan fingerprint density at radius 3 is 2.27 bits per heavy atom. The quantitative estimate of drug-likeness (QED) is 0.493. The predicted octanol–water partition coefficient (Wildman–Crippen LogP) is 3.51. The number of halogens is 2. The Hall–Kier alpha value is -3.50. The van der Waals surface area contributed by atoms with Crippen LogP contribution in [0.3, 0.4) is 0 Å². The average molecular weight is 477 g/mol. The fourth-order valence-electron chi connectivity index (χ4n) is 3.09. The highest BCUT2D eigenvalue weighted by Crippen LogP contribution is 2.29. The SMILES string of the molecule is COc1ccc(S(=O)(=O)N[C@@H](Cc2ccccc2)C(=O)Nc2ccc(F)cc2F)cc1OC. The third kappa shape index (κ3) is 6.05. The summed E-state index contributed by atoms with van der Waals surface area (Å²) in [5.74, 6) is -2.07. The fraction of sp³-hybridized carbons (Fsp3) is 0.174. The Morgan fingerprint density at radius 1 is 0.939 bits per heavy atom. The number of nitrogens with one attached hydrogen (secondary N) is 2. The van der Waals surface area contributed by atoms with Crippen molar-refractivity contribution in [2.45, 2.75) is 17.4 Å². The van der Waals surface area contributed by atoms with E-state index in [0.717, 1.165) is 12.1 Å². The lowest BCUT2D eigenvalue weighted by Crippen LogP contribution is -2.45. The Kier molecular flexibility index (Phi) is 7.62. The van der Waals surface area contributed by atoms with Crippen molar-refractivity contribution in [3.8, 4) is 11.5 Å². The monoisotopic (exact) mass is 476 g/mol. The maximum atomic E-state index is 14.0. The Labute approximate surface area is 190 Å². The van der Waals surface area contributed by atoms with Gasteiger partial charge in [0.05, 0.1) is 24.8 Å². The Bertz CT molecular complexity index is 1240. The normalized spacial score (nSPS) is 12.1. The number of carbonyl (C=O) groups excluding carboxylic acids is 1. The smallest absolute Gasteiger partial charge is 0.242 e. The van der Waals surface area contributed by atoms with E-state index in [1.165, 1.54) is 32.4 Å². The molecule has 0 unspecified atom stereocenters. The van der Waals surface area contributed by atoms with Crippen molar-refractivity contribution in [1.82, 2.24) is 4.72 Å². The number of benzene rings is 3. The molecule has 0 heterocycles. The fourth-order valence-corrected chi connectivity index (χ4v) is 4.30. The van der Waals surface area contributed by atoms with Gasteiger partial charge in [-0.25, -0.2) is 17.2 Å². The zero-order chi connectivity index (χ0) is 24.0. The summed E-state index contributed by atoms with van der Waals surface area (Å²) >= 11 is 0. The maximum absolute atomic E-state index is 14.0. The summed E-state index contributed by atoms with van der Waals surface area (Å²) in [6, 6.07) is 14.1. The van der Waals surface area contributed by atoms with Crippen LogP contribution in [0.25, 0.3) is 0 Å². The van der Waals surface area contributed by atoms with E-state index in [1.807, 2.05) is 0 Å². The lowest BCUT2D eigenvalue weighted by atomic mass is 10.1. The van der Waals surface area contributed by atoms with Gasteiger partial charge in [0.2, 0.25) is 15.9 Å². The molecule has 0 fully saturated rings. The van der Waals surface area contributed by atoms with Gasteiger partial charge in [-0.3, -0.25) is 4.79 Å². The highest BCUT2D eigenvalue weighted by atomic mass is 32.2. The van der Waals surface area contributed by atoms with Gasteiger partial charge in [-0.1, -0.05) is 30.3 Å². The van der Waals surface area contributed by atoms with Crippen molar-refractivity contribution in [2.75, 3.05) is 19.5 Å². The van der Waals surface area contributed by atoms with Crippen molar-refractivity contribution < 1.29 is 31.5 Å². The van der Waals surface area contributed by atoms with Gasteiger partial charge < -0.3 is 14.8 Å². The summed E-state index contributed by atoms with van der Waals surface area (Å²) < 4.78 is 66.0. The van der Waals surface area contributed by atoms with E-state index in [4.69, 9.17) is 9.47 Å². The highest BCUT2D eigenvalue weighted by molar-refractivity contribution is 7.89. The van der Waals surface area contributed by atoms with Gasteiger partial charge in [-0.2, -0.15) is 4.72 Å². The number of sulfonamides is 1. The standard InChI is InChI=1S/C23H22F2N2O5S/c1-31-21-11-9-17(14-22(21)32-2)33(29,30)27-20(12-15-6-4-3-5-7-15)23(28)26-19-10-8-16(24)13-18(19)25/h3-11,13-14,20,27H,12H2,1-2H3,(H,26,28)/t20-/m0/s1. The number of amides is 1. The average Bonchev–Trinajstić information content (AvgIpc) is 2.80. The van der Waals surface area contributed by atoms with E-state index in [2.05, 4.69) is 10.0 Å². The second-order valence-corrected chi connectivity index (χ2v) is 8.71. The van der Waals surface area contributed by atoms with Gasteiger partial charge in [0, 0.05) is 12.1 Å². The number of methoxy groups -OCH3 is 2. The minimum Gasteiger partial charge on any atom is -0.493 e. The molecular formula is C23H22F2N2O5S. The molecule has 33 heavy (non-hydrogen) atoms. The molecule has 3 aromatic rings. The molecule has 1 atom stereocenters. The zero-order valence-electron chi connectivity index (χ0n) is 17.8. The molecule has 0 saturated carbocycles. The summed E-state index contributed by atoms with van der Waals surface area (Å²) in [6.07, 6.45) is -0.0119. The van der Waals surface area contributed by atoms with E-state index in [9.17, 15) is 22.0 Å². The third-order valence-electron chi connectivity index (χ3n) is 4.75. The molecule has 3 rings (SSSR count). The van der Waals surface area contributed by atoms with Crippen LogP contribution in [0.1, 0.15) is 5.56 Å². The first-order valence-corrected chi connectivity index (χ1v) is 11.3. The minimum atomic E-state index is -4.19. The van der Waals surface area contributed by atoms with Crippen LogP contribution in [0.4, 0.5) is 14.5 Å². The summed E-state index contributed by atoms with van der Waals surface area (Å²) in [7, 11) is -1.41. The molecule has 3 aromatic carbocycles. The van der Waals surface area contributed by atoms with E-state index in [-0.39, 0.29) is 22.8 Å². The topological polar surface area (TPSA) is 93.7 Å². The lowest BCUT2D eigenvalue weighted by Gasteiger charge is -2.19. The van der Waals surface area contributed by atoms with Crippen molar-refractivity contribution in [2.24, 2.45) is 0 Å². The first-order chi connectivity index (χ1) is 15.7. The lowest BCUT2D eigenvalue weighted by molar-refractivity contribution is -0.117. The summed E-state index contributed by atoms with van der Waals surface area (Å²) in [5, 5.41) is 2.32. The largest absolute Gasteiger partial charge is 0.493 e. The molecule has 0 bridgehead atoms. The third-order valence-corrected chi connectivity index (χ3v) is 6.22. The molecule has 0 aliphatic carbocycles. The van der Waals surface area contributed by atoms with Crippen LogP contribution in [0.15, 0.2) is 71.6 Å². The van der Waals surface area contributed by atoms with Gasteiger partial charge in [0.25, 0.3) is 0 Å². The van der Waals surface area contributed by atoms with Crippen molar-refractivity contribution in [3.63, 3.8) is 0 Å². The molecule has 7 nitrogen and oxygen atoms in total. The minimum absolute atomic E-state index is 0.0119. The van der Waals surface area contributed by atoms with Crippen LogP contribution < -0.4 is 19.5 Å². The van der Waals surface area contributed by atoms with Crippen LogP contribution in [0.5, 0.6) is 11.5 Å². The van der Waals surface area contributed by atoms with E-state index >= 15 is 0 Å². The molecule has 2 N–H and O–H groups in total. The van der Waals surface area contributed by atoms with Crippen LogP contribution in [-0.2, 0) is 21.2 Å². The van der Waals surface area contributed by atoms with Gasteiger partial charge in [-0.05, 0) is 36.2 Å². The second-order valence-electron chi connectivity index (χ2n) is 6.99. The van der Waals surface area contributed by atoms with E-state index in [0.29, 0.717) is 17.4 Å². The second kappa shape index (κ2) is 10.4. The number of hydrogen-bond donors (Lipinski definition) is 2. The molecule has 0 spiro atoms. The van der Waals surface area contributed by atoms with Gasteiger partial charge >= 0.3 is 0 Å². The first-order valence-electron chi connectivity index (χ1n) is 9.77. The van der Waals surface area contributed by atoms with Crippen LogP contribution in [-0.4, -0.2) is 34.6 Å². The van der Waals surface area contributed by atoms with Gasteiger partial charge in [-0.15, -0.1) is 0 Å². The predicted molar refractivity (Wildman–Crippen MR) is 119 cm³/mol. The van der Waals surface area contributed by atoms with Crippen LogP contribution >= 0.6 is 0 Å². The number of hydrogen-bond acceptors (Lipinski definition) is 5. The first kappa shape index (κ1) is 24.1. The Balaban J connectivity index is 1.91. The number of rotatable bonds is 9. The molecule has 1 amide bonds. The van der Waals surface area contributed by atoms with E-state index < -0.39 is 33.6 Å². The van der Waals surface area contributed by atoms with Crippen molar-refractivity contribution in [3.05, 3.63) is 83.9 Å². The maximum Gasteiger partial charge on any atom is 0.242 e. The van der Waals surface area contributed by atoms with E-state index in [1.54, 1.807) is 30.3 Å². The number of carbonyl (C=O) groups is 1. The summed E-state index contributed by atoms with van der Waals surface area (Å²) in [6.45, 7) is 0.